The van der Waals surface area contributed by atoms with Crippen LogP contribution in [-0.4, -0.2) is 5.78 Å². The number of carbonyl (C=O) groups is 1. The summed E-state index contributed by atoms with van der Waals surface area (Å²) in [6.45, 7) is 6.08. The summed E-state index contributed by atoms with van der Waals surface area (Å²) >= 11 is 5.09. The van der Waals surface area contributed by atoms with Gasteiger partial charge in [0.15, 0.2) is 5.78 Å². The molecule has 0 radical (unpaired) electrons. The first-order chi connectivity index (χ1) is 8.49. The predicted octanol–water partition coefficient (Wildman–Crippen LogP) is 4.86. The van der Waals surface area contributed by atoms with Gasteiger partial charge in [-0.3, -0.25) is 4.79 Å². The third-order valence-corrected chi connectivity index (χ3v) is 4.89. The van der Waals surface area contributed by atoms with E-state index in [-0.39, 0.29) is 5.78 Å². The lowest BCUT2D eigenvalue weighted by molar-refractivity contribution is 0.0992. The van der Waals surface area contributed by atoms with Gasteiger partial charge < -0.3 is 0 Å². The van der Waals surface area contributed by atoms with Crippen LogP contribution in [0.4, 0.5) is 0 Å². The van der Waals surface area contributed by atoms with E-state index in [1.54, 1.807) is 11.3 Å². The largest absolute Gasteiger partial charge is 0.294 e. The quantitative estimate of drug-likeness (QED) is 0.737. The van der Waals surface area contributed by atoms with Crippen molar-refractivity contribution in [1.82, 2.24) is 0 Å². The number of hydrogen-bond acceptors (Lipinski definition) is 2. The Morgan fingerprint density at radius 1 is 1.22 bits per heavy atom. The number of ketones is 1. The van der Waals surface area contributed by atoms with E-state index in [0.717, 1.165) is 26.0 Å². The summed E-state index contributed by atoms with van der Waals surface area (Å²) in [4.78, 5) is 13.5. The minimum absolute atomic E-state index is 0.202. The fourth-order valence-electron chi connectivity index (χ4n) is 2.31. The van der Waals surface area contributed by atoms with Gasteiger partial charge in [0, 0.05) is 21.3 Å². The van der Waals surface area contributed by atoms with E-state index in [9.17, 15) is 4.79 Å². The Kier molecular flexibility index (Phi) is 4.03. The Hall–Kier alpha value is -0.930. The zero-order valence-corrected chi connectivity index (χ0v) is 13.1. The molecule has 0 aliphatic rings. The highest BCUT2D eigenvalue weighted by Crippen LogP contribution is 2.26. The van der Waals surface area contributed by atoms with Crippen molar-refractivity contribution in [2.75, 3.05) is 0 Å². The van der Waals surface area contributed by atoms with Crippen LogP contribution >= 0.6 is 27.3 Å². The van der Waals surface area contributed by atoms with Crippen LogP contribution in [0.25, 0.3) is 0 Å². The van der Waals surface area contributed by atoms with Gasteiger partial charge in [0.1, 0.15) is 0 Å². The summed E-state index contributed by atoms with van der Waals surface area (Å²) in [7, 11) is 0. The highest BCUT2D eigenvalue weighted by molar-refractivity contribution is 9.10. The number of benzene rings is 1. The van der Waals surface area contributed by atoms with Crippen molar-refractivity contribution in [3.63, 3.8) is 0 Å². The molecule has 0 bridgehead atoms. The van der Waals surface area contributed by atoms with Crippen molar-refractivity contribution in [2.45, 2.75) is 27.2 Å². The zero-order chi connectivity index (χ0) is 13.3. The predicted molar refractivity (Wildman–Crippen MR) is 80.7 cm³/mol. The molecule has 94 valence electrons. The number of carbonyl (C=O) groups excluding carboxylic acids is 1. The topological polar surface area (TPSA) is 17.1 Å². The summed E-state index contributed by atoms with van der Waals surface area (Å²) in [6, 6.07) is 6.13. The monoisotopic (exact) mass is 322 g/mol. The lowest BCUT2D eigenvalue weighted by atomic mass is 9.95. The van der Waals surface area contributed by atoms with Gasteiger partial charge in [-0.05, 0) is 59.3 Å². The second-order valence-corrected chi connectivity index (χ2v) is 6.42. The number of aryl methyl sites for hydroxylation is 3. The minimum Gasteiger partial charge on any atom is -0.294 e. The smallest absolute Gasteiger partial charge is 0.168 e. The van der Waals surface area contributed by atoms with E-state index in [0.29, 0.717) is 6.42 Å². The van der Waals surface area contributed by atoms with Crippen LogP contribution in [0.15, 0.2) is 28.1 Å². The molecule has 0 saturated heterocycles. The first-order valence-electron chi connectivity index (χ1n) is 5.82. The Morgan fingerprint density at radius 3 is 2.33 bits per heavy atom. The maximum Gasteiger partial charge on any atom is 0.168 e. The summed E-state index contributed by atoms with van der Waals surface area (Å²) in [5, 5.41) is 2.00. The van der Waals surface area contributed by atoms with Crippen molar-refractivity contribution in [1.29, 1.82) is 0 Å². The van der Waals surface area contributed by atoms with Crippen LogP contribution in [0.2, 0.25) is 0 Å². The lowest BCUT2D eigenvalue weighted by Gasteiger charge is -2.10. The molecule has 0 saturated carbocycles. The Balaban J connectivity index is 2.33. The van der Waals surface area contributed by atoms with Gasteiger partial charge >= 0.3 is 0 Å². The second-order valence-electron chi connectivity index (χ2n) is 4.57. The summed E-state index contributed by atoms with van der Waals surface area (Å²) in [6.07, 6.45) is 0.475. The number of Topliss-reactive ketones (excluding diaryl/α,β-unsaturated/α-hetero) is 1. The number of rotatable bonds is 3. The third-order valence-electron chi connectivity index (χ3n) is 2.97. The van der Waals surface area contributed by atoms with Gasteiger partial charge in [0.25, 0.3) is 0 Å². The SMILES string of the molecule is Cc1cc(C)c(C(=O)Cc2sccc2Br)c(C)c1. The van der Waals surface area contributed by atoms with Crippen molar-refractivity contribution >= 4 is 33.0 Å². The molecule has 1 aromatic heterocycles. The molecule has 2 aromatic rings. The molecule has 0 aliphatic heterocycles. The Morgan fingerprint density at radius 2 is 1.83 bits per heavy atom. The number of hydrogen-bond donors (Lipinski definition) is 0. The molecule has 0 atom stereocenters. The molecular weight excluding hydrogens is 308 g/mol. The highest BCUT2D eigenvalue weighted by Gasteiger charge is 2.15. The van der Waals surface area contributed by atoms with Crippen molar-refractivity contribution < 1.29 is 4.79 Å². The first kappa shape index (κ1) is 13.5. The van der Waals surface area contributed by atoms with E-state index >= 15 is 0 Å². The molecule has 0 aliphatic carbocycles. The van der Waals surface area contributed by atoms with E-state index in [1.165, 1.54) is 5.56 Å². The van der Waals surface area contributed by atoms with Gasteiger partial charge in [-0.15, -0.1) is 11.3 Å². The third kappa shape index (κ3) is 2.73. The fraction of sp³-hybridized carbons (Fsp3) is 0.267. The molecule has 1 heterocycles. The first-order valence-corrected chi connectivity index (χ1v) is 7.49. The molecule has 0 fully saturated rings. The van der Waals surface area contributed by atoms with Crippen LogP contribution in [0.3, 0.4) is 0 Å². The normalized spacial score (nSPS) is 10.7. The van der Waals surface area contributed by atoms with Crippen LogP contribution in [0.1, 0.15) is 31.9 Å². The molecule has 1 aromatic carbocycles. The second kappa shape index (κ2) is 5.37. The minimum atomic E-state index is 0.202. The van der Waals surface area contributed by atoms with E-state index in [1.807, 2.05) is 25.3 Å². The fourth-order valence-corrected chi connectivity index (χ4v) is 3.80. The van der Waals surface area contributed by atoms with Crippen molar-refractivity contribution in [2.24, 2.45) is 0 Å². The molecule has 3 heteroatoms. The van der Waals surface area contributed by atoms with Gasteiger partial charge in [0.2, 0.25) is 0 Å². The van der Waals surface area contributed by atoms with Gasteiger partial charge in [-0.25, -0.2) is 0 Å². The summed E-state index contributed by atoms with van der Waals surface area (Å²) in [5.41, 5.74) is 4.23. The number of thiophene rings is 1. The van der Waals surface area contributed by atoms with Gasteiger partial charge in [0.05, 0.1) is 0 Å². The zero-order valence-electron chi connectivity index (χ0n) is 10.7. The van der Waals surface area contributed by atoms with Crippen molar-refractivity contribution in [3.05, 3.63) is 55.2 Å². The van der Waals surface area contributed by atoms with Crippen molar-refractivity contribution in [3.8, 4) is 0 Å². The average Bonchev–Trinajstić information content (AvgIpc) is 2.62. The molecular formula is C15H15BrOS. The Bertz CT molecular complexity index is 575. The van der Waals surface area contributed by atoms with E-state index in [2.05, 4.69) is 35.0 Å². The maximum atomic E-state index is 12.4. The molecule has 0 spiro atoms. The maximum absolute atomic E-state index is 12.4. The lowest BCUT2D eigenvalue weighted by Crippen LogP contribution is -2.07. The van der Waals surface area contributed by atoms with E-state index < -0.39 is 0 Å². The molecule has 1 nitrogen and oxygen atoms in total. The van der Waals surface area contributed by atoms with Crippen LogP contribution < -0.4 is 0 Å². The molecule has 18 heavy (non-hydrogen) atoms. The summed E-state index contributed by atoms with van der Waals surface area (Å²) < 4.78 is 1.03. The standard InChI is InChI=1S/C15H15BrOS/c1-9-6-10(2)15(11(3)7-9)13(17)8-14-12(16)4-5-18-14/h4-7H,8H2,1-3H3. The van der Waals surface area contributed by atoms with Gasteiger partial charge in [-0.2, -0.15) is 0 Å². The molecule has 0 unspecified atom stereocenters. The average molecular weight is 323 g/mol. The van der Waals surface area contributed by atoms with E-state index in [4.69, 9.17) is 0 Å². The molecule has 0 N–H and O–H groups in total. The highest BCUT2D eigenvalue weighted by atomic mass is 79.9. The van der Waals surface area contributed by atoms with Gasteiger partial charge in [-0.1, -0.05) is 17.7 Å². The van der Waals surface area contributed by atoms with Crippen LogP contribution in [0, 0.1) is 20.8 Å². The Labute approximate surface area is 120 Å². The van der Waals surface area contributed by atoms with Crippen LogP contribution in [-0.2, 0) is 6.42 Å². The summed E-state index contributed by atoms with van der Waals surface area (Å²) in [5.74, 6) is 0.202. The number of halogens is 1. The molecule has 0 amide bonds. The van der Waals surface area contributed by atoms with Crippen LogP contribution in [0.5, 0.6) is 0 Å². The molecule has 2 rings (SSSR count).